The predicted molar refractivity (Wildman–Crippen MR) is 74.4 cm³/mol. The number of aromatic nitrogens is 3. The molecule has 0 aliphatic rings. The Morgan fingerprint density at radius 3 is 2.79 bits per heavy atom. The van der Waals surface area contributed by atoms with Crippen molar-refractivity contribution < 1.29 is 0 Å². The molecule has 0 fully saturated rings. The molecule has 0 unspecified atom stereocenters. The van der Waals surface area contributed by atoms with Gasteiger partial charge in [0.1, 0.15) is 23.8 Å². The van der Waals surface area contributed by atoms with Crippen molar-refractivity contribution in [1.29, 1.82) is 5.26 Å². The molecule has 0 atom stereocenters. The van der Waals surface area contributed by atoms with Crippen LogP contribution in [0.15, 0.2) is 30.7 Å². The van der Waals surface area contributed by atoms with Gasteiger partial charge in [0.15, 0.2) is 0 Å². The molecule has 0 bridgehead atoms. The van der Waals surface area contributed by atoms with Crippen molar-refractivity contribution >= 4 is 17.5 Å². The standard InChI is InChI=1S/C13H16N6/c1-18(8-4-6-14)12-9-13(17-10-16-12)19(2)11-5-3-7-15-11/h3,5,7,9-10,15H,4,8H2,1-2H3. The Bertz CT molecular complexity index is 557. The Labute approximate surface area is 112 Å². The zero-order chi connectivity index (χ0) is 13.7. The van der Waals surface area contributed by atoms with E-state index in [1.807, 2.05) is 48.3 Å². The van der Waals surface area contributed by atoms with Gasteiger partial charge >= 0.3 is 0 Å². The lowest BCUT2D eigenvalue weighted by molar-refractivity contribution is 0.877. The summed E-state index contributed by atoms with van der Waals surface area (Å²) in [7, 11) is 3.85. The summed E-state index contributed by atoms with van der Waals surface area (Å²) in [6.45, 7) is 0.652. The van der Waals surface area contributed by atoms with E-state index in [2.05, 4.69) is 21.0 Å². The molecule has 1 N–H and O–H groups in total. The first-order valence-electron chi connectivity index (χ1n) is 5.99. The summed E-state index contributed by atoms with van der Waals surface area (Å²) in [6, 6.07) is 7.94. The minimum Gasteiger partial charge on any atom is -0.358 e. The van der Waals surface area contributed by atoms with Crippen LogP contribution in [0.1, 0.15) is 6.42 Å². The van der Waals surface area contributed by atoms with Gasteiger partial charge in [0.2, 0.25) is 0 Å². The summed E-state index contributed by atoms with van der Waals surface area (Å²) in [5, 5.41) is 8.61. The SMILES string of the molecule is CN(CCC#N)c1cc(N(C)c2ccc[nH]2)ncn1. The molecule has 19 heavy (non-hydrogen) atoms. The predicted octanol–water partition coefficient (Wildman–Crippen LogP) is 1.92. The van der Waals surface area contributed by atoms with Crippen molar-refractivity contribution in [3.63, 3.8) is 0 Å². The van der Waals surface area contributed by atoms with E-state index < -0.39 is 0 Å². The number of hydrogen-bond donors (Lipinski definition) is 1. The molecule has 0 aliphatic heterocycles. The van der Waals surface area contributed by atoms with Gasteiger partial charge in [0.05, 0.1) is 12.5 Å². The quantitative estimate of drug-likeness (QED) is 0.884. The number of H-pyrrole nitrogens is 1. The Balaban J connectivity index is 2.17. The Morgan fingerprint density at radius 1 is 1.32 bits per heavy atom. The summed E-state index contributed by atoms with van der Waals surface area (Å²) >= 11 is 0. The highest BCUT2D eigenvalue weighted by Gasteiger charge is 2.09. The van der Waals surface area contributed by atoms with Crippen molar-refractivity contribution in [3.05, 3.63) is 30.7 Å². The molecule has 6 nitrogen and oxygen atoms in total. The van der Waals surface area contributed by atoms with E-state index in [1.165, 1.54) is 6.33 Å². The normalized spacial score (nSPS) is 9.95. The first-order chi connectivity index (χ1) is 9.22. The number of hydrogen-bond acceptors (Lipinski definition) is 5. The van der Waals surface area contributed by atoms with Gasteiger partial charge in [-0.3, -0.25) is 0 Å². The lowest BCUT2D eigenvalue weighted by Gasteiger charge is -2.20. The number of aromatic amines is 1. The van der Waals surface area contributed by atoms with Gasteiger partial charge in [-0.25, -0.2) is 9.97 Å². The topological polar surface area (TPSA) is 71.8 Å². The fourth-order valence-corrected chi connectivity index (χ4v) is 1.71. The average Bonchev–Trinajstić information content (AvgIpc) is 2.98. The van der Waals surface area contributed by atoms with Gasteiger partial charge in [-0.1, -0.05) is 0 Å². The number of anilines is 3. The molecular weight excluding hydrogens is 240 g/mol. The fraction of sp³-hybridized carbons (Fsp3) is 0.308. The van der Waals surface area contributed by atoms with Gasteiger partial charge < -0.3 is 14.8 Å². The van der Waals surface area contributed by atoms with Crippen LogP contribution in [0.2, 0.25) is 0 Å². The van der Waals surface area contributed by atoms with Gasteiger partial charge in [0.25, 0.3) is 0 Å². The molecule has 2 heterocycles. The summed E-state index contributed by atoms with van der Waals surface area (Å²) < 4.78 is 0. The summed E-state index contributed by atoms with van der Waals surface area (Å²) in [4.78, 5) is 15.5. The molecule has 2 aromatic heterocycles. The molecule has 98 valence electrons. The zero-order valence-electron chi connectivity index (χ0n) is 11.0. The second kappa shape index (κ2) is 5.87. The van der Waals surface area contributed by atoms with E-state index in [0.29, 0.717) is 13.0 Å². The van der Waals surface area contributed by atoms with Crippen LogP contribution >= 0.6 is 0 Å². The van der Waals surface area contributed by atoms with E-state index >= 15 is 0 Å². The third-order valence-corrected chi connectivity index (χ3v) is 2.87. The molecule has 0 saturated carbocycles. The second-order valence-corrected chi connectivity index (χ2v) is 4.18. The molecule has 0 radical (unpaired) electrons. The maximum Gasteiger partial charge on any atom is 0.139 e. The molecule has 0 aliphatic carbocycles. The monoisotopic (exact) mass is 256 g/mol. The van der Waals surface area contributed by atoms with Crippen LogP contribution in [0.3, 0.4) is 0 Å². The van der Waals surface area contributed by atoms with Crippen molar-refractivity contribution in [2.24, 2.45) is 0 Å². The van der Waals surface area contributed by atoms with Crippen LogP contribution in [0, 0.1) is 11.3 Å². The third-order valence-electron chi connectivity index (χ3n) is 2.87. The number of rotatable bonds is 5. The van der Waals surface area contributed by atoms with Crippen LogP contribution in [0.4, 0.5) is 17.5 Å². The van der Waals surface area contributed by atoms with Gasteiger partial charge in [0, 0.05) is 32.9 Å². The van der Waals surface area contributed by atoms with Crippen LogP contribution in [0.25, 0.3) is 0 Å². The van der Waals surface area contributed by atoms with E-state index in [-0.39, 0.29) is 0 Å². The smallest absolute Gasteiger partial charge is 0.139 e. The fourth-order valence-electron chi connectivity index (χ4n) is 1.71. The highest BCUT2D eigenvalue weighted by Crippen LogP contribution is 2.21. The van der Waals surface area contributed by atoms with E-state index in [1.54, 1.807) is 0 Å². The molecule has 2 aromatic rings. The minimum absolute atomic E-state index is 0.475. The summed E-state index contributed by atoms with van der Waals surface area (Å²) in [6.07, 6.45) is 3.88. The Morgan fingerprint density at radius 2 is 2.11 bits per heavy atom. The largest absolute Gasteiger partial charge is 0.358 e. The van der Waals surface area contributed by atoms with Crippen molar-refractivity contribution in [3.8, 4) is 6.07 Å². The Hall–Kier alpha value is -2.55. The molecule has 0 spiro atoms. The lowest BCUT2D eigenvalue weighted by Crippen LogP contribution is -2.20. The molecule has 0 saturated heterocycles. The number of nitriles is 1. The van der Waals surface area contributed by atoms with Crippen molar-refractivity contribution in [1.82, 2.24) is 15.0 Å². The van der Waals surface area contributed by atoms with Gasteiger partial charge in [-0.05, 0) is 12.1 Å². The van der Waals surface area contributed by atoms with E-state index in [4.69, 9.17) is 5.26 Å². The zero-order valence-corrected chi connectivity index (χ0v) is 11.0. The highest BCUT2D eigenvalue weighted by molar-refractivity contribution is 5.58. The van der Waals surface area contributed by atoms with Crippen LogP contribution in [0.5, 0.6) is 0 Å². The summed E-state index contributed by atoms with van der Waals surface area (Å²) in [5.41, 5.74) is 0. The lowest BCUT2D eigenvalue weighted by atomic mass is 10.4. The maximum atomic E-state index is 8.61. The first-order valence-corrected chi connectivity index (χ1v) is 5.99. The van der Waals surface area contributed by atoms with Crippen LogP contribution in [-0.2, 0) is 0 Å². The average molecular weight is 256 g/mol. The maximum absolute atomic E-state index is 8.61. The van der Waals surface area contributed by atoms with Crippen molar-refractivity contribution in [2.45, 2.75) is 6.42 Å². The minimum atomic E-state index is 0.475. The summed E-state index contributed by atoms with van der Waals surface area (Å²) in [5.74, 6) is 2.57. The van der Waals surface area contributed by atoms with E-state index in [9.17, 15) is 0 Å². The first kappa shape index (κ1) is 12.9. The molecule has 2 rings (SSSR count). The third kappa shape index (κ3) is 3.01. The molecule has 0 amide bonds. The van der Waals surface area contributed by atoms with Gasteiger partial charge in [-0.2, -0.15) is 5.26 Å². The van der Waals surface area contributed by atoms with Crippen LogP contribution in [-0.4, -0.2) is 35.6 Å². The molecular formula is C13H16N6. The highest BCUT2D eigenvalue weighted by atomic mass is 15.2. The Kier molecular flexibility index (Phi) is 3.98. The van der Waals surface area contributed by atoms with Crippen molar-refractivity contribution in [2.75, 3.05) is 30.4 Å². The molecule has 6 heteroatoms. The second-order valence-electron chi connectivity index (χ2n) is 4.18. The number of nitrogens with one attached hydrogen (secondary N) is 1. The van der Waals surface area contributed by atoms with E-state index in [0.717, 1.165) is 17.5 Å². The molecule has 0 aromatic carbocycles. The van der Waals surface area contributed by atoms with Gasteiger partial charge in [-0.15, -0.1) is 0 Å². The number of nitrogens with zero attached hydrogens (tertiary/aromatic N) is 5. The van der Waals surface area contributed by atoms with Crippen LogP contribution < -0.4 is 9.80 Å².